The van der Waals surface area contributed by atoms with Gasteiger partial charge < -0.3 is 20.3 Å². The summed E-state index contributed by atoms with van der Waals surface area (Å²) in [5.41, 5.74) is 1.20. The molecule has 1 aromatic carbocycles. The molecule has 0 radical (unpaired) electrons. The molecule has 6 heteroatoms. The van der Waals surface area contributed by atoms with Crippen LogP contribution < -0.4 is 10.6 Å². The van der Waals surface area contributed by atoms with Crippen LogP contribution in [0, 0.1) is 11.3 Å². The highest BCUT2D eigenvalue weighted by molar-refractivity contribution is 5.86. The van der Waals surface area contributed by atoms with Crippen molar-refractivity contribution in [3.63, 3.8) is 0 Å². The normalized spacial score (nSPS) is 26.6. The second kappa shape index (κ2) is 7.66. The van der Waals surface area contributed by atoms with Crippen LogP contribution >= 0.6 is 0 Å². The van der Waals surface area contributed by atoms with Gasteiger partial charge in [0.05, 0.1) is 19.2 Å². The molecular formula is C20H30N4O2. The van der Waals surface area contributed by atoms with E-state index < -0.39 is 0 Å². The molecule has 2 aliphatic rings. The summed E-state index contributed by atoms with van der Waals surface area (Å²) in [7, 11) is 3.52. The van der Waals surface area contributed by atoms with Crippen molar-refractivity contribution in [3.8, 4) is 0 Å². The fourth-order valence-corrected chi connectivity index (χ4v) is 3.99. The molecule has 0 bridgehead atoms. The number of likely N-dealkylation sites (N-methyl/N-ethyl adjacent to an activating group) is 1. The van der Waals surface area contributed by atoms with Crippen LogP contribution in [0.1, 0.15) is 25.8 Å². The molecule has 2 N–H and O–H groups in total. The van der Waals surface area contributed by atoms with Crippen molar-refractivity contribution in [2.24, 2.45) is 16.3 Å². The Hall–Kier alpha value is -2.08. The first kappa shape index (κ1) is 18.7. The number of guanidine groups is 1. The number of nitrogens with one attached hydrogen (secondary N) is 2. The molecule has 1 saturated heterocycles. The van der Waals surface area contributed by atoms with Gasteiger partial charge in [0.1, 0.15) is 0 Å². The predicted molar refractivity (Wildman–Crippen MR) is 103 cm³/mol. The molecule has 26 heavy (non-hydrogen) atoms. The number of carbonyl (C=O) groups excluding carboxylic acids is 1. The van der Waals surface area contributed by atoms with E-state index in [2.05, 4.69) is 36.6 Å². The maximum Gasteiger partial charge on any atom is 0.241 e. The summed E-state index contributed by atoms with van der Waals surface area (Å²) in [4.78, 5) is 18.3. The average molecular weight is 358 g/mol. The van der Waals surface area contributed by atoms with Crippen LogP contribution in [0.5, 0.6) is 0 Å². The maximum atomic E-state index is 12.0. The van der Waals surface area contributed by atoms with E-state index in [4.69, 9.17) is 9.73 Å². The number of aliphatic imine (C=N–C) groups is 1. The standard InChI is InChI=1S/C20H30N4O2/c1-20(2)17(15-10-11-26-18(15)20)23-19(22-13-16(25)24(3)4)21-12-14-8-6-5-7-9-14/h5-9,15,17-18H,10-13H2,1-4H3,(H2,21,22,23). The van der Waals surface area contributed by atoms with E-state index in [1.807, 2.05) is 18.2 Å². The largest absolute Gasteiger partial charge is 0.377 e. The first-order chi connectivity index (χ1) is 12.4. The van der Waals surface area contributed by atoms with Crippen molar-refractivity contribution in [3.05, 3.63) is 35.9 Å². The summed E-state index contributed by atoms with van der Waals surface area (Å²) < 4.78 is 5.88. The molecule has 0 aromatic heterocycles. The first-order valence-electron chi connectivity index (χ1n) is 9.30. The quantitative estimate of drug-likeness (QED) is 0.620. The lowest BCUT2D eigenvalue weighted by molar-refractivity contribution is -0.127. The van der Waals surface area contributed by atoms with Gasteiger partial charge in [0.2, 0.25) is 5.91 Å². The number of nitrogens with zero attached hydrogens (tertiary/aromatic N) is 2. The number of hydrogen-bond acceptors (Lipinski definition) is 3. The molecular weight excluding hydrogens is 328 g/mol. The van der Waals surface area contributed by atoms with Crippen LogP contribution in [0.2, 0.25) is 0 Å². The number of amides is 1. The molecule has 142 valence electrons. The Morgan fingerprint density at radius 1 is 1.31 bits per heavy atom. The lowest BCUT2D eigenvalue weighted by Gasteiger charge is -2.54. The summed E-state index contributed by atoms with van der Waals surface area (Å²) in [6.07, 6.45) is 1.40. The van der Waals surface area contributed by atoms with Crippen molar-refractivity contribution in [1.82, 2.24) is 15.5 Å². The Balaban J connectivity index is 1.69. The lowest BCUT2D eigenvalue weighted by atomic mass is 9.57. The van der Waals surface area contributed by atoms with Crippen molar-refractivity contribution >= 4 is 11.9 Å². The second-order valence-corrected chi connectivity index (χ2v) is 7.98. The van der Waals surface area contributed by atoms with Gasteiger partial charge in [-0.3, -0.25) is 4.79 Å². The van der Waals surface area contributed by atoms with Crippen LogP contribution in [0.4, 0.5) is 0 Å². The van der Waals surface area contributed by atoms with E-state index in [1.54, 1.807) is 19.0 Å². The summed E-state index contributed by atoms with van der Waals surface area (Å²) >= 11 is 0. The van der Waals surface area contributed by atoms with Crippen molar-refractivity contribution < 1.29 is 9.53 Å². The number of hydrogen-bond donors (Lipinski definition) is 2. The fraction of sp³-hybridized carbons (Fsp3) is 0.600. The van der Waals surface area contributed by atoms with E-state index >= 15 is 0 Å². The first-order valence-corrected chi connectivity index (χ1v) is 9.30. The molecule has 3 unspecified atom stereocenters. The van der Waals surface area contributed by atoms with Gasteiger partial charge in [-0.25, -0.2) is 4.99 Å². The van der Waals surface area contributed by atoms with E-state index in [-0.39, 0.29) is 17.9 Å². The molecule has 0 spiro atoms. The van der Waals surface area contributed by atoms with Crippen molar-refractivity contribution in [2.75, 3.05) is 27.2 Å². The minimum Gasteiger partial charge on any atom is -0.377 e. The molecule has 1 aliphatic heterocycles. The van der Waals surface area contributed by atoms with Crippen LogP contribution in [0.3, 0.4) is 0 Å². The SMILES string of the molecule is CN(C)C(=O)CNC(=NCc1ccccc1)NC1C2CCOC2C1(C)C. The average Bonchev–Trinajstić information content (AvgIpc) is 3.08. The van der Waals surface area contributed by atoms with Crippen LogP contribution in [-0.2, 0) is 16.1 Å². The number of benzene rings is 1. The second-order valence-electron chi connectivity index (χ2n) is 7.98. The Bertz CT molecular complexity index is 657. The molecule has 3 rings (SSSR count). The highest BCUT2D eigenvalue weighted by Gasteiger charge is 2.59. The van der Waals surface area contributed by atoms with Gasteiger partial charge in [0.15, 0.2) is 5.96 Å². The maximum absolute atomic E-state index is 12.0. The zero-order chi connectivity index (χ0) is 18.7. The van der Waals surface area contributed by atoms with Gasteiger partial charge in [-0.05, 0) is 12.0 Å². The molecule has 1 aromatic rings. The summed E-state index contributed by atoms with van der Waals surface area (Å²) in [5, 5.41) is 6.76. The Morgan fingerprint density at radius 3 is 2.73 bits per heavy atom. The van der Waals surface area contributed by atoms with Gasteiger partial charge in [0.25, 0.3) is 0 Å². The lowest BCUT2D eigenvalue weighted by Crippen LogP contribution is -2.68. The molecule has 2 fully saturated rings. The van der Waals surface area contributed by atoms with Crippen molar-refractivity contribution in [2.45, 2.75) is 39.0 Å². The smallest absolute Gasteiger partial charge is 0.241 e. The van der Waals surface area contributed by atoms with Gasteiger partial charge in [0, 0.05) is 38.1 Å². The molecule has 6 nitrogen and oxygen atoms in total. The van der Waals surface area contributed by atoms with E-state index in [0.717, 1.165) is 18.6 Å². The van der Waals surface area contributed by atoms with Crippen LogP contribution in [0.25, 0.3) is 0 Å². The molecule has 3 atom stereocenters. The number of ether oxygens (including phenoxy) is 1. The van der Waals surface area contributed by atoms with E-state index in [0.29, 0.717) is 30.6 Å². The monoisotopic (exact) mass is 358 g/mol. The fourth-order valence-electron chi connectivity index (χ4n) is 3.99. The van der Waals surface area contributed by atoms with Gasteiger partial charge in [-0.15, -0.1) is 0 Å². The number of rotatable bonds is 5. The van der Waals surface area contributed by atoms with E-state index in [9.17, 15) is 4.79 Å². The molecule has 1 amide bonds. The summed E-state index contributed by atoms with van der Waals surface area (Å²) in [5.74, 6) is 1.22. The number of carbonyl (C=O) groups is 1. The Morgan fingerprint density at radius 2 is 2.04 bits per heavy atom. The predicted octanol–water partition coefficient (Wildman–Crippen LogP) is 1.62. The third kappa shape index (κ3) is 3.85. The Labute approximate surface area is 156 Å². The number of fused-ring (bicyclic) bond motifs is 1. The topological polar surface area (TPSA) is 66.0 Å². The zero-order valence-corrected chi connectivity index (χ0v) is 16.2. The van der Waals surface area contributed by atoms with Crippen LogP contribution in [0.15, 0.2) is 35.3 Å². The van der Waals surface area contributed by atoms with E-state index in [1.165, 1.54) is 0 Å². The molecule has 1 saturated carbocycles. The van der Waals surface area contributed by atoms with Gasteiger partial charge in [-0.1, -0.05) is 44.2 Å². The minimum atomic E-state index is 0.0224. The zero-order valence-electron chi connectivity index (χ0n) is 16.2. The third-order valence-corrected chi connectivity index (χ3v) is 5.56. The third-order valence-electron chi connectivity index (χ3n) is 5.56. The Kier molecular flexibility index (Phi) is 5.51. The summed E-state index contributed by atoms with van der Waals surface area (Å²) in [6, 6.07) is 10.4. The summed E-state index contributed by atoms with van der Waals surface area (Å²) in [6.45, 7) is 6.10. The highest BCUT2D eigenvalue weighted by Crippen LogP contribution is 2.52. The van der Waals surface area contributed by atoms with Crippen molar-refractivity contribution in [1.29, 1.82) is 0 Å². The molecule has 1 heterocycles. The molecule has 1 aliphatic carbocycles. The van der Waals surface area contributed by atoms with Crippen LogP contribution in [-0.4, -0.2) is 56.2 Å². The van der Waals surface area contributed by atoms with Gasteiger partial charge >= 0.3 is 0 Å². The highest BCUT2D eigenvalue weighted by atomic mass is 16.5. The van der Waals surface area contributed by atoms with Gasteiger partial charge in [-0.2, -0.15) is 0 Å². The minimum absolute atomic E-state index is 0.0224.